The molecule has 0 saturated carbocycles. The lowest BCUT2D eigenvalue weighted by atomic mass is 10.0. The Hall–Kier alpha value is -1.16. The standard InChI is InChI=1S/C17H17NS2/c18-14(16-10-17-15(20-16)6-7-19-17)9-11-4-5-12-2-1-3-13(12)8-11/h4-8,10,14H,1-3,9,18H2. The molecule has 3 aromatic rings. The van der Waals surface area contributed by atoms with Crippen molar-refractivity contribution in [1.29, 1.82) is 0 Å². The average molecular weight is 299 g/mol. The van der Waals surface area contributed by atoms with Crippen molar-refractivity contribution in [3.8, 4) is 0 Å². The minimum Gasteiger partial charge on any atom is -0.323 e. The van der Waals surface area contributed by atoms with Crippen LogP contribution in [0, 0.1) is 0 Å². The highest BCUT2D eigenvalue weighted by molar-refractivity contribution is 7.26. The van der Waals surface area contributed by atoms with Crippen molar-refractivity contribution in [2.45, 2.75) is 31.7 Å². The number of nitrogens with two attached hydrogens (primary N) is 1. The molecule has 1 unspecified atom stereocenters. The van der Waals surface area contributed by atoms with Gasteiger partial charge in [0, 0.05) is 20.3 Å². The maximum Gasteiger partial charge on any atom is 0.0454 e. The van der Waals surface area contributed by atoms with Gasteiger partial charge >= 0.3 is 0 Å². The number of fused-ring (bicyclic) bond motifs is 2. The Morgan fingerprint density at radius 3 is 2.85 bits per heavy atom. The van der Waals surface area contributed by atoms with E-state index in [9.17, 15) is 0 Å². The highest BCUT2D eigenvalue weighted by Gasteiger charge is 2.14. The third-order valence-electron chi connectivity index (χ3n) is 4.14. The van der Waals surface area contributed by atoms with Gasteiger partial charge in [-0.25, -0.2) is 0 Å². The van der Waals surface area contributed by atoms with Crippen LogP contribution < -0.4 is 5.73 Å². The Labute approximate surface area is 127 Å². The van der Waals surface area contributed by atoms with E-state index < -0.39 is 0 Å². The number of aryl methyl sites for hydroxylation is 2. The first-order valence-corrected chi connectivity index (χ1v) is 8.82. The third kappa shape index (κ3) is 2.20. The number of rotatable bonds is 3. The predicted molar refractivity (Wildman–Crippen MR) is 88.8 cm³/mol. The van der Waals surface area contributed by atoms with Gasteiger partial charge in [-0.05, 0) is 59.9 Å². The SMILES string of the molecule is NC(Cc1ccc2c(c1)CCC2)c1cc2sccc2s1. The van der Waals surface area contributed by atoms with E-state index in [1.807, 2.05) is 11.3 Å². The summed E-state index contributed by atoms with van der Waals surface area (Å²) >= 11 is 3.65. The summed E-state index contributed by atoms with van der Waals surface area (Å²) in [5, 5.41) is 2.15. The van der Waals surface area contributed by atoms with Crippen LogP contribution >= 0.6 is 22.7 Å². The minimum atomic E-state index is 0.124. The zero-order valence-corrected chi connectivity index (χ0v) is 12.9. The van der Waals surface area contributed by atoms with Crippen molar-refractivity contribution in [1.82, 2.24) is 0 Å². The van der Waals surface area contributed by atoms with Crippen LogP contribution in [0.1, 0.15) is 34.0 Å². The van der Waals surface area contributed by atoms with E-state index in [1.165, 1.54) is 39.1 Å². The van der Waals surface area contributed by atoms with Gasteiger partial charge in [-0.3, -0.25) is 0 Å². The first-order valence-electron chi connectivity index (χ1n) is 7.13. The lowest BCUT2D eigenvalue weighted by Gasteiger charge is -2.11. The lowest BCUT2D eigenvalue weighted by molar-refractivity contribution is 0.736. The minimum absolute atomic E-state index is 0.124. The Morgan fingerprint density at radius 1 is 1.05 bits per heavy atom. The van der Waals surface area contributed by atoms with Crippen LogP contribution in [0.4, 0.5) is 0 Å². The van der Waals surface area contributed by atoms with E-state index in [1.54, 1.807) is 22.5 Å². The Balaban J connectivity index is 1.57. The van der Waals surface area contributed by atoms with Gasteiger partial charge < -0.3 is 5.73 Å². The van der Waals surface area contributed by atoms with Crippen molar-refractivity contribution in [3.05, 3.63) is 57.3 Å². The van der Waals surface area contributed by atoms with Crippen molar-refractivity contribution in [2.75, 3.05) is 0 Å². The summed E-state index contributed by atoms with van der Waals surface area (Å²) in [6.07, 6.45) is 4.75. The first-order chi connectivity index (χ1) is 9.79. The summed E-state index contributed by atoms with van der Waals surface area (Å²) in [7, 11) is 0. The molecule has 2 heterocycles. The van der Waals surface area contributed by atoms with Crippen LogP contribution in [0.3, 0.4) is 0 Å². The smallest absolute Gasteiger partial charge is 0.0454 e. The molecule has 0 amide bonds. The van der Waals surface area contributed by atoms with Gasteiger partial charge in [-0.15, -0.1) is 22.7 Å². The fourth-order valence-electron chi connectivity index (χ4n) is 3.07. The molecule has 0 bridgehead atoms. The van der Waals surface area contributed by atoms with Gasteiger partial charge in [0.15, 0.2) is 0 Å². The van der Waals surface area contributed by atoms with E-state index in [-0.39, 0.29) is 6.04 Å². The van der Waals surface area contributed by atoms with Gasteiger partial charge in [0.1, 0.15) is 0 Å². The van der Waals surface area contributed by atoms with Crippen molar-refractivity contribution < 1.29 is 0 Å². The number of benzene rings is 1. The van der Waals surface area contributed by atoms with Crippen molar-refractivity contribution in [2.24, 2.45) is 5.73 Å². The van der Waals surface area contributed by atoms with Gasteiger partial charge in [-0.1, -0.05) is 18.2 Å². The highest BCUT2D eigenvalue weighted by Crippen LogP contribution is 2.34. The van der Waals surface area contributed by atoms with E-state index in [4.69, 9.17) is 5.73 Å². The Morgan fingerprint density at radius 2 is 1.95 bits per heavy atom. The van der Waals surface area contributed by atoms with Crippen LogP contribution in [-0.4, -0.2) is 0 Å². The molecule has 1 atom stereocenters. The second-order valence-electron chi connectivity index (χ2n) is 5.57. The second-order valence-corrected chi connectivity index (χ2v) is 7.63. The number of thiophene rings is 2. The van der Waals surface area contributed by atoms with E-state index in [0.29, 0.717) is 0 Å². The number of hydrogen-bond donors (Lipinski definition) is 1. The molecule has 0 radical (unpaired) electrons. The number of hydrogen-bond acceptors (Lipinski definition) is 3. The topological polar surface area (TPSA) is 26.0 Å². The summed E-state index contributed by atoms with van der Waals surface area (Å²) in [6, 6.07) is 11.5. The molecule has 20 heavy (non-hydrogen) atoms. The average Bonchev–Trinajstić information content (AvgIpc) is 3.12. The quantitative estimate of drug-likeness (QED) is 0.745. The van der Waals surface area contributed by atoms with Crippen LogP contribution in [-0.2, 0) is 19.3 Å². The van der Waals surface area contributed by atoms with E-state index in [2.05, 4.69) is 35.7 Å². The molecule has 2 aromatic heterocycles. The molecule has 4 rings (SSSR count). The van der Waals surface area contributed by atoms with Crippen LogP contribution in [0.2, 0.25) is 0 Å². The van der Waals surface area contributed by atoms with Gasteiger partial charge in [0.25, 0.3) is 0 Å². The highest BCUT2D eigenvalue weighted by atomic mass is 32.1. The zero-order chi connectivity index (χ0) is 13.5. The van der Waals surface area contributed by atoms with Gasteiger partial charge in [0.05, 0.1) is 0 Å². The Kier molecular flexibility index (Phi) is 3.14. The molecule has 0 aliphatic heterocycles. The predicted octanol–water partition coefficient (Wildman–Crippen LogP) is 4.69. The molecule has 0 fully saturated rings. The van der Waals surface area contributed by atoms with Crippen LogP contribution in [0.5, 0.6) is 0 Å². The summed E-state index contributed by atoms with van der Waals surface area (Å²) in [5.41, 5.74) is 10.9. The van der Waals surface area contributed by atoms with E-state index in [0.717, 1.165) is 6.42 Å². The largest absolute Gasteiger partial charge is 0.323 e. The van der Waals surface area contributed by atoms with Crippen LogP contribution in [0.15, 0.2) is 35.7 Å². The van der Waals surface area contributed by atoms with Crippen molar-refractivity contribution in [3.63, 3.8) is 0 Å². The molecule has 102 valence electrons. The molecule has 1 aliphatic carbocycles. The second kappa shape index (κ2) is 4.99. The zero-order valence-electron chi connectivity index (χ0n) is 11.3. The summed E-state index contributed by atoms with van der Waals surface area (Å²) in [4.78, 5) is 1.31. The lowest BCUT2D eigenvalue weighted by Crippen LogP contribution is -2.11. The summed E-state index contributed by atoms with van der Waals surface area (Å²) < 4.78 is 2.74. The normalized spacial score (nSPS) is 15.7. The maximum atomic E-state index is 6.41. The molecule has 0 saturated heterocycles. The van der Waals surface area contributed by atoms with Crippen LogP contribution in [0.25, 0.3) is 9.40 Å². The molecule has 1 aliphatic rings. The molecule has 1 aromatic carbocycles. The molecule has 3 heteroatoms. The molecular formula is C17H17NS2. The third-order valence-corrected chi connectivity index (χ3v) is 6.37. The monoisotopic (exact) mass is 299 g/mol. The fraction of sp³-hybridized carbons (Fsp3) is 0.294. The molecular weight excluding hydrogens is 282 g/mol. The van der Waals surface area contributed by atoms with Crippen molar-refractivity contribution >= 4 is 32.1 Å². The summed E-state index contributed by atoms with van der Waals surface area (Å²) in [5.74, 6) is 0. The Bertz CT molecular complexity index is 725. The molecule has 0 spiro atoms. The summed E-state index contributed by atoms with van der Waals surface area (Å²) in [6.45, 7) is 0. The molecule has 2 N–H and O–H groups in total. The molecule has 1 nitrogen and oxygen atoms in total. The first kappa shape index (κ1) is 12.6. The van der Waals surface area contributed by atoms with Gasteiger partial charge in [0.2, 0.25) is 0 Å². The van der Waals surface area contributed by atoms with E-state index >= 15 is 0 Å². The van der Waals surface area contributed by atoms with Gasteiger partial charge in [-0.2, -0.15) is 0 Å². The fourth-order valence-corrected chi connectivity index (χ4v) is 5.19. The maximum absolute atomic E-state index is 6.41.